The molecule has 0 aromatic heterocycles. The molecule has 1 aromatic rings. The van der Waals surface area contributed by atoms with Gasteiger partial charge < -0.3 is 10.4 Å². The molecule has 0 fully saturated rings. The lowest BCUT2D eigenvalue weighted by atomic mass is 10.1. The third kappa shape index (κ3) is 5.36. The first kappa shape index (κ1) is 14.9. The fraction of sp³-hybridized carbons (Fsp3) is 0.333. The maximum absolute atomic E-state index is 11.5. The number of nitrogens with one attached hydrogen (secondary N) is 1. The molecule has 1 unspecified atom stereocenters. The Bertz CT molecular complexity index is 484. The summed E-state index contributed by atoms with van der Waals surface area (Å²) in [4.78, 5) is 11.5. The van der Waals surface area contributed by atoms with Gasteiger partial charge in [0.05, 0.1) is 17.7 Å². The Labute approximate surface area is 113 Å². The molecule has 4 heteroatoms. The highest BCUT2D eigenvalue weighted by molar-refractivity contribution is 5.91. The average Bonchev–Trinajstić information content (AvgIpc) is 2.42. The minimum Gasteiger partial charge on any atom is -0.391 e. The van der Waals surface area contributed by atoms with E-state index >= 15 is 0 Å². The van der Waals surface area contributed by atoms with Crippen molar-refractivity contribution in [3.8, 4) is 6.07 Å². The summed E-state index contributed by atoms with van der Waals surface area (Å²) in [6.07, 6.45) is 2.54. The molecule has 19 heavy (non-hydrogen) atoms. The molecule has 4 nitrogen and oxygen atoms in total. The summed E-state index contributed by atoms with van der Waals surface area (Å²) in [5.41, 5.74) is 1.43. The molecular weight excluding hydrogens is 240 g/mol. The Morgan fingerprint density at radius 1 is 1.42 bits per heavy atom. The Morgan fingerprint density at radius 2 is 2.05 bits per heavy atom. The number of nitriles is 1. The second-order valence-corrected chi connectivity index (χ2v) is 4.62. The summed E-state index contributed by atoms with van der Waals surface area (Å²) in [6.45, 7) is 4.03. The van der Waals surface area contributed by atoms with Gasteiger partial charge in [-0.3, -0.25) is 4.79 Å². The second-order valence-electron chi connectivity index (χ2n) is 4.62. The maximum atomic E-state index is 11.5. The number of nitrogens with zero attached hydrogens (tertiary/aromatic N) is 1. The lowest BCUT2D eigenvalue weighted by molar-refractivity contribution is -0.117. The average molecular weight is 258 g/mol. The van der Waals surface area contributed by atoms with Gasteiger partial charge in [0.1, 0.15) is 0 Å². The molecule has 0 heterocycles. The van der Waals surface area contributed by atoms with Crippen molar-refractivity contribution in [3.63, 3.8) is 0 Å². The van der Waals surface area contributed by atoms with Crippen molar-refractivity contribution in [2.75, 3.05) is 6.54 Å². The number of rotatable bonds is 5. The molecule has 100 valence electrons. The monoisotopic (exact) mass is 258 g/mol. The number of hydrogen-bond acceptors (Lipinski definition) is 3. The summed E-state index contributed by atoms with van der Waals surface area (Å²) >= 11 is 0. The molecule has 1 aromatic carbocycles. The molecule has 0 saturated heterocycles. The van der Waals surface area contributed by atoms with E-state index < -0.39 is 6.10 Å². The lowest BCUT2D eigenvalue weighted by Crippen LogP contribution is -2.33. The van der Waals surface area contributed by atoms with E-state index in [2.05, 4.69) is 5.32 Å². The fourth-order valence-corrected chi connectivity index (χ4v) is 1.34. The third-order valence-corrected chi connectivity index (χ3v) is 2.72. The van der Waals surface area contributed by atoms with Crippen LogP contribution >= 0.6 is 0 Å². The Balaban J connectivity index is 2.47. The van der Waals surface area contributed by atoms with Crippen LogP contribution in [0.4, 0.5) is 0 Å². The van der Waals surface area contributed by atoms with Crippen LogP contribution in [0.2, 0.25) is 0 Å². The molecule has 0 saturated carbocycles. The molecule has 0 spiro atoms. The zero-order valence-electron chi connectivity index (χ0n) is 11.1. The molecule has 0 aliphatic rings. The zero-order valence-corrected chi connectivity index (χ0v) is 11.1. The van der Waals surface area contributed by atoms with Crippen LogP contribution in [0.3, 0.4) is 0 Å². The Kier molecular flexibility index (Phi) is 5.77. The normalized spacial score (nSPS) is 12.4. The van der Waals surface area contributed by atoms with Gasteiger partial charge in [-0.15, -0.1) is 0 Å². The second kappa shape index (κ2) is 7.34. The molecule has 2 N–H and O–H groups in total. The first-order valence-electron chi connectivity index (χ1n) is 6.17. The van der Waals surface area contributed by atoms with Crippen LogP contribution in [-0.4, -0.2) is 23.7 Å². The molecule has 0 aliphatic heterocycles. The van der Waals surface area contributed by atoms with Crippen molar-refractivity contribution < 1.29 is 9.90 Å². The highest BCUT2D eigenvalue weighted by atomic mass is 16.3. The van der Waals surface area contributed by atoms with Gasteiger partial charge in [0, 0.05) is 12.6 Å². The minimum absolute atomic E-state index is 0.114. The van der Waals surface area contributed by atoms with Gasteiger partial charge in [-0.25, -0.2) is 0 Å². The van der Waals surface area contributed by atoms with Crippen LogP contribution in [0.5, 0.6) is 0 Å². The highest BCUT2D eigenvalue weighted by Gasteiger charge is 2.09. The van der Waals surface area contributed by atoms with Gasteiger partial charge in [-0.05, 0) is 29.7 Å². The first-order chi connectivity index (χ1) is 9.02. The highest BCUT2D eigenvalue weighted by Crippen LogP contribution is 2.05. The van der Waals surface area contributed by atoms with Crippen molar-refractivity contribution in [3.05, 3.63) is 41.5 Å². The first-order valence-corrected chi connectivity index (χ1v) is 6.17. The Morgan fingerprint density at radius 3 is 2.58 bits per heavy atom. The van der Waals surface area contributed by atoms with Crippen molar-refractivity contribution in [2.24, 2.45) is 5.92 Å². The van der Waals surface area contributed by atoms with Gasteiger partial charge in [0.2, 0.25) is 5.91 Å². The number of aliphatic hydroxyl groups is 1. The van der Waals surface area contributed by atoms with Gasteiger partial charge in [0.15, 0.2) is 0 Å². The van der Waals surface area contributed by atoms with E-state index in [0.29, 0.717) is 5.56 Å². The summed E-state index contributed by atoms with van der Waals surface area (Å²) in [5, 5.41) is 20.8. The molecular formula is C15H18N2O2. The molecule has 0 aliphatic carbocycles. The summed E-state index contributed by atoms with van der Waals surface area (Å²) in [7, 11) is 0. The van der Waals surface area contributed by atoms with Crippen LogP contribution in [0.15, 0.2) is 30.3 Å². The summed E-state index contributed by atoms with van der Waals surface area (Å²) in [6, 6.07) is 8.96. The fourth-order valence-electron chi connectivity index (χ4n) is 1.34. The minimum atomic E-state index is -0.535. The lowest BCUT2D eigenvalue weighted by Gasteiger charge is -2.13. The van der Waals surface area contributed by atoms with E-state index in [1.807, 2.05) is 19.9 Å². The quantitative estimate of drug-likeness (QED) is 0.789. The van der Waals surface area contributed by atoms with Gasteiger partial charge in [0.25, 0.3) is 0 Å². The number of aliphatic hydroxyl groups excluding tert-OH is 1. The molecule has 0 radical (unpaired) electrons. The van der Waals surface area contributed by atoms with Crippen LogP contribution in [0.25, 0.3) is 6.08 Å². The topological polar surface area (TPSA) is 73.1 Å². The summed E-state index contributed by atoms with van der Waals surface area (Å²) < 4.78 is 0. The Hall–Kier alpha value is -2.12. The molecule has 1 amide bonds. The number of amides is 1. The van der Waals surface area contributed by atoms with Crippen LogP contribution < -0.4 is 5.32 Å². The third-order valence-electron chi connectivity index (χ3n) is 2.72. The van der Waals surface area contributed by atoms with Crippen molar-refractivity contribution in [1.82, 2.24) is 5.32 Å². The number of hydrogen-bond donors (Lipinski definition) is 2. The van der Waals surface area contributed by atoms with E-state index in [1.54, 1.807) is 30.3 Å². The number of carbonyl (C=O) groups excluding carboxylic acids is 1. The van der Waals surface area contributed by atoms with Crippen LogP contribution in [0, 0.1) is 17.2 Å². The SMILES string of the molecule is CC(C)C(O)CNC(=O)/C=C/c1ccc(C#N)cc1. The van der Waals surface area contributed by atoms with E-state index in [4.69, 9.17) is 5.26 Å². The van der Waals surface area contributed by atoms with Gasteiger partial charge >= 0.3 is 0 Å². The van der Waals surface area contributed by atoms with Gasteiger partial charge in [-0.1, -0.05) is 26.0 Å². The largest absolute Gasteiger partial charge is 0.391 e. The van der Waals surface area contributed by atoms with Crippen molar-refractivity contribution in [2.45, 2.75) is 20.0 Å². The number of carbonyl (C=O) groups is 1. The number of benzene rings is 1. The smallest absolute Gasteiger partial charge is 0.244 e. The van der Waals surface area contributed by atoms with Crippen molar-refractivity contribution in [1.29, 1.82) is 5.26 Å². The zero-order chi connectivity index (χ0) is 14.3. The molecule has 1 rings (SSSR count). The van der Waals surface area contributed by atoms with Crippen molar-refractivity contribution >= 4 is 12.0 Å². The van der Waals surface area contributed by atoms with E-state index in [-0.39, 0.29) is 18.4 Å². The van der Waals surface area contributed by atoms with E-state index in [0.717, 1.165) is 5.56 Å². The maximum Gasteiger partial charge on any atom is 0.244 e. The van der Waals surface area contributed by atoms with Gasteiger partial charge in [-0.2, -0.15) is 5.26 Å². The predicted molar refractivity (Wildman–Crippen MR) is 74.0 cm³/mol. The standard InChI is InChI=1S/C15H18N2O2/c1-11(2)14(18)10-17-15(19)8-7-12-3-5-13(9-16)6-4-12/h3-8,11,14,18H,10H2,1-2H3,(H,17,19)/b8-7+. The molecule has 0 bridgehead atoms. The van der Waals surface area contributed by atoms with E-state index in [1.165, 1.54) is 6.08 Å². The predicted octanol–water partition coefficient (Wildman–Crippen LogP) is 1.70. The molecule has 1 atom stereocenters. The van der Waals surface area contributed by atoms with Crippen LogP contribution in [-0.2, 0) is 4.79 Å². The summed E-state index contributed by atoms with van der Waals surface area (Å²) in [5.74, 6) is -0.133. The van der Waals surface area contributed by atoms with E-state index in [9.17, 15) is 9.90 Å². The van der Waals surface area contributed by atoms with Crippen LogP contribution in [0.1, 0.15) is 25.0 Å².